The molecule has 1 amide bonds. The second-order valence-electron chi connectivity index (χ2n) is 10.4. The quantitative estimate of drug-likeness (QED) is 0.319. The van der Waals surface area contributed by atoms with Crippen LogP contribution in [-0.4, -0.2) is 29.1 Å². The summed E-state index contributed by atoms with van der Waals surface area (Å²) in [6.07, 6.45) is 2.01. The van der Waals surface area contributed by atoms with Gasteiger partial charge in [-0.05, 0) is 29.4 Å². The standard InChI is InChI=1S/C23H38N2O3/c1-11-12-24-20(26)28-19-17(21(2,3)4)13-16(14-18(19)22(5,6)7)15-25(27)23(8,9)10/h13-15H,11-12H2,1-10H3,(H,24,26)/b25-15+. The van der Waals surface area contributed by atoms with Crippen molar-refractivity contribution in [1.82, 2.24) is 5.32 Å². The maximum Gasteiger partial charge on any atom is 0.412 e. The number of hydroxylamine groups is 1. The lowest BCUT2D eigenvalue weighted by atomic mass is 9.78. The van der Waals surface area contributed by atoms with E-state index in [4.69, 9.17) is 4.74 Å². The van der Waals surface area contributed by atoms with Crippen LogP contribution in [0, 0.1) is 5.21 Å². The Morgan fingerprint density at radius 1 is 1.04 bits per heavy atom. The van der Waals surface area contributed by atoms with Gasteiger partial charge in [-0.2, -0.15) is 0 Å². The van der Waals surface area contributed by atoms with Gasteiger partial charge in [0.05, 0.1) is 0 Å². The minimum Gasteiger partial charge on any atom is -0.623 e. The van der Waals surface area contributed by atoms with Gasteiger partial charge in [-0.1, -0.05) is 48.5 Å². The Kier molecular flexibility index (Phi) is 7.32. The molecule has 158 valence electrons. The zero-order chi connectivity index (χ0) is 21.9. The molecule has 0 aliphatic heterocycles. The van der Waals surface area contributed by atoms with Gasteiger partial charge >= 0.3 is 6.09 Å². The summed E-state index contributed by atoms with van der Waals surface area (Å²) in [7, 11) is 0. The molecule has 1 aromatic carbocycles. The van der Waals surface area contributed by atoms with E-state index in [9.17, 15) is 10.0 Å². The average molecular weight is 391 g/mol. The molecule has 1 aromatic rings. The molecule has 0 atom stereocenters. The highest BCUT2D eigenvalue weighted by Gasteiger charge is 2.30. The Bertz CT molecular complexity index is 695. The Morgan fingerprint density at radius 2 is 1.50 bits per heavy atom. The Hall–Kier alpha value is -2.04. The van der Waals surface area contributed by atoms with E-state index in [1.807, 2.05) is 39.8 Å². The molecule has 0 heterocycles. The minimum absolute atomic E-state index is 0.264. The predicted molar refractivity (Wildman–Crippen MR) is 117 cm³/mol. The van der Waals surface area contributed by atoms with Gasteiger partial charge in [0.1, 0.15) is 5.75 Å². The summed E-state index contributed by atoms with van der Waals surface area (Å²) in [4.78, 5) is 12.3. The number of hydrogen-bond donors (Lipinski definition) is 1. The summed E-state index contributed by atoms with van der Waals surface area (Å²) in [6, 6.07) is 3.91. The Balaban J connectivity index is 3.67. The van der Waals surface area contributed by atoms with Gasteiger partial charge in [-0.25, -0.2) is 9.53 Å². The van der Waals surface area contributed by atoms with Gasteiger partial charge in [0.15, 0.2) is 11.8 Å². The van der Waals surface area contributed by atoms with Crippen molar-refractivity contribution in [3.63, 3.8) is 0 Å². The van der Waals surface area contributed by atoms with Crippen LogP contribution in [0.25, 0.3) is 0 Å². The molecular weight excluding hydrogens is 352 g/mol. The molecule has 0 saturated heterocycles. The maximum atomic E-state index is 12.5. The SMILES string of the molecule is CCCNC(=O)Oc1c(C(C)(C)C)cc(/C=[N+](/[O-])C(C)(C)C)cc1C(C)(C)C. The summed E-state index contributed by atoms with van der Waals surface area (Å²) in [5.74, 6) is 0.582. The fourth-order valence-electron chi connectivity index (χ4n) is 2.63. The van der Waals surface area contributed by atoms with Gasteiger partial charge in [-0.3, -0.25) is 0 Å². The number of carbonyl (C=O) groups excluding carboxylic acids is 1. The number of hydrogen-bond acceptors (Lipinski definition) is 3. The number of carbonyl (C=O) groups is 1. The largest absolute Gasteiger partial charge is 0.623 e. The fourth-order valence-corrected chi connectivity index (χ4v) is 2.63. The first kappa shape index (κ1) is 24.0. The van der Waals surface area contributed by atoms with E-state index in [2.05, 4.69) is 46.9 Å². The number of nitrogens with zero attached hydrogens (tertiary/aromatic N) is 1. The maximum absolute atomic E-state index is 12.5. The van der Waals surface area contributed by atoms with Crippen molar-refractivity contribution in [2.45, 2.75) is 92.0 Å². The summed E-state index contributed by atoms with van der Waals surface area (Å²) in [5, 5.41) is 15.3. The van der Waals surface area contributed by atoms with E-state index in [0.717, 1.165) is 27.9 Å². The second kappa shape index (κ2) is 8.54. The molecule has 0 aliphatic carbocycles. The van der Waals surface area contributed by atoms with E-state index in [0.29, 0.717) is 12.3 Å². The van der Waals surface area contributed by atoms with Crippen molar-refractivity contribution in [2.75, 3.05) is 6.54 Å². The zero-order valence-electron chi connectivity index (χ0n) is 19.3. The molecule has 0 radical (unpaired) electrons. The van der Waals surface area contributed by atoms with Crippen molar-refractivity contribution in [2.24, 2.45) is 0 Å². The molecule has 0 bridgehead atoms. The molecule has 0 fully saturated rings. The summed E-state index contributed by atoms with van der Waals surface area (Å²) < 4.78 is 6.77. The van der Waals surface area contributed by atoms with E-state index < -0.39 is 11.6 Å². The number of rotatable bonds is 4. The molecule has 0 saturated carbocycles. The highest BCUT2D eigenvalue weighted by atomic mass is 16.6. The van der Waals surface area contributed by atoms with Crippen molar-refractivity contribution < 1.29 is 14.3 Å². The van der Waals surface area contributed by atoms with Gasteiger partial charge in [-0.15, -0.1) is 0 Å². The van der Waals surface area contributed by atoms with Crippen LogP contribution < -0.4 is 10.1 Å². The van der Waals surface area contributed by atoms with Crippen LogP contribution in [0.3, 0.4) is 0 Å². The third kappa shape index (κ3) is 6.54. The molecule has 28 heavy (non-hydrogen) atoms. The first-order valence-electron chi connectivity index (χ1n) is 10.0. The summed E-state index contributed by atoms with van der Waals surface area (Å²) in [6.45, 7) is 20.7. The normalized spacial score (nSPS) is 13.4. The molecule has 1 rings (SSSR count). The minimum atomic E-state index is -0.529. The fraction of sp³-hybridized carbons (Fsp3) is 0.652. The van der Waals surface area contributed by atoms with Crippen LogP contribution in [0.15, 0.2) is 12.1 Å². The molecule has 5 heteroatoms. The lowest BCUT2D eigenvalue weighted by Gasteiger charge is -2.29. The van der Waals surface area contributed by atoms with Crippen LogP contribution in [-0.2, 0) is 10.8 Å². The van der Waals surface area contributed by atoms with Gasteiger partial charge in [0.25, 0.3) is 0 Å². The van der Waals surface area contributed by atoms with Gasteiger partial charge < -0.3 is 15.3 Å². The summed E-state index contributed by atoms with van der Waals surface area (Å²) >= 11 is 0. The van der Waals surface area contributed by atoms with E-state index in [1.165, 1.54) is 0 Å². The molecule has 1 N–H and O–H groups in total. The van der Waals surface area contributed by atoms with Gasteiger partial charge in [0.2, 0.25) is 0 Å². The van der Waals surface area contributed by atoms with Crippen LogP contribution in [0.2, 0.25) is 0 Å². The van der Waals surface area contributed by atoms with Crippen LogP contribution >= 0.6 is 0 Å². The topological polar surface area (TPSA) is 64.4 Å². The van der Waals surface area contributed by atoms with Crippen molar-refractivity contribution in [1.29, 1.82) is 0 Å². The highest BCUT2D eigenvalue weighted by molar-refractivity contribution is 5.79. The number of nitrogens with one attached hydrogen (secondary N) is 1. The van der Waals surface area contributed by atoms with Crippen molar-refractivity contribution in [3.05, 3.63) is 34.0 Å². The predicted octanol–water partition coefficient (Wildman–Crippen LogP) is 5.51. The molecule has 0 aliphatic rings. The van der Waals surface area contributed by atoms with Crippen LogP contribution in [0.4, 0.5) is 4.79 Å². The van der Waals surface area contributed by atoms with Crippen LogP contribution in [0.5, 0.6) is 5.75 Å². The Labute approximate surface area is 170 Å². The zero-order valence-corrected chi connectivity index (χ0v) is 19.3. The van der Waals surface area contributed by atoms with E-state index in [1.54, 1.807) is 6.21 Å². The van der Waals surface area contributed by atoms with E-state index >= 15 is 0 Å². The molecule has 0 unspecified atom stereocenters. The molecule has 0 aromatic heterocycles. The average Bonchev–Trinajstić information content (AvgIpc) is 2.50. The van der Waals surface area contributed by atoms with Gasteiger partial charge in [0, 0.05) is 44.0 Å². The van der Waals surface area contributed by atoms with E-state index in [-0.39, 0.29) is 10.8 Å². The smallest absolute Gasteiger partial charge is 0.412 e. The Morgan fingerprint density at radius 3 is 1.86 bits per heavy atom. The van der Waals surface area contributed by atoms with Crippen LogP contribution in [0.1, 0.15) is 92.3 Å². The van der Waals surface area contributed by atoms with Crippen molar-refractivity contribution >= 4 is 12.3 Å². The van der Waals surface area contributed by atoms with Crippen molar-refractivity contribution in [3.8, 4) is 5.75 Å². The lowest BCUT2D eigenvalue weighted by Crippen LogP contribution is -2.31. The highest BCUT2D eigenvalue weighted by Crippen LogP contribution is 2.40. The molecular formula is C23H38N2O3. The third-order valence-electron chi connectivity index (χ3n) is 4.37. The first-order chi connectivity index (χ1) is 12.6. The first-order valence-corrected chi connectivity index (χ1v) is 10.0. The second-order valence-corrected chi connectivity index (χ2v) is 10.4. The number of ether oxygens (including phenoxy) is 1. The number of amides is 1. The lowest BCUT2D eigenvalue weighted by molar-refractivity contribution is -0.530. The summed E-state index contributed by atoms with van der Waals surface area (Å²) in [5.41, 5.74) is 1.56. The molecule has 0 spiro atoms. The number of benzene rings is 1. The molecule has 5 nitrogen and oxygen atoms in total. The monoisotopic (exact) mass is 390 g/mol. The third-order valence-corrected chi connectivity index (χ3v) is 4.37.